The minimum absolute atomic E-state index is 0. The highest BCUT2D eigenvalue weighted by Gasteiger charge is 2.33. The fraction of sp³-hybridized carbons (Fsp3) is 0.481. The number of hydrogen-bond donors (Lipinski definition) is 5. The van der Waals surface area contributed by atoms with Gasteiger partial charge in [-0.05, 0) is 74.0 Å². The molecule has 0 bridgehead atoms. The summed E-state index contributed by atoms with van der Waals surface area (Å²) in [7, 11) is 0. The van der Waals surface area contributed by atoms with E-state index in [1.165, 1.54) is 0 Å². The number of nitrogens with one attached hydrogen (secondary N) is 3. The van der Waals surface area contributed by atoms with E-state index in [2.05, 4.69) is 29.8 Å². The Balaban J connectivity index is 0.00000342. The first kappa shape index (κ1) is 27.1. The van der Waals surface area contributed by atoms with E-state index < -0.39 is 0 Å². The monoisotopic (exact) mass is 500 g/mol. The number of amides is 1. The second kappa shape index (κ2) is 11.5. The summed E-state index contributed by atoms with van der Waals surface area (Å²) in [5, 5.41) is 20.3. The maximum atomic E-state index is 13.2. The second-order valence-corrected chi connectivity index (χ2v) is 10.3. The second-order valence-electron chi connectivity index (χ2n) is 10.3. The van der Waals surface area contributed by atoms with E-state index in [0.717, 1.165) is 44.3 Å². The van der Waals surface area contributed by atoms with Crippen molar-refractivity contribution < 1.29 is 14.7 Å². The van der Waals surface area contributed by atoms with E-state index in [9.17, 15) is 14.7 Å². The highest BCUT2D eigenvalue weighted by atomic mass is 35.5. The van der Waals surface area contributed by atoms with E-state index in [-0.39, 0.29) is 59.0 Å². The lowest BCUT2D eigenvalue weighted by Gasteiger charge is -2.40. The molecule has 2 aromatic rings. The van der Waals surface area contributed by atoms with Crippen LogP contribution in [0.2, 0.25) is 0 Å². The van der Waals surface area contributed by atoms with E-state index in [1.54, 1.807) is 36.4 Å². The third-order valence-corrected chi connectivity index (χ3v) is 7.22. The smallest absolute Gasteiger partial charge is 0.251 e. The van der Waals surface area contributed by atoms with Crippen LogP contribution in [0.15, 0.2) is 42.5 Å². The zero-order valence-corrected chi connectivity index (χ0v) is 21.3. The first-order valence-electron chi connectivity index (χ1n) is 12.2. The van der Waals surface area contributed by atoms with Crippen LogP contribution in [0, 0.1) is 5.41 Å². The highest BCUT2D eigenvalue weighted by Crippen LogP contribution is 2.41. The Morgan fingerprint density at radius 2 is 1.77 bits per heavy atom. The summed E-state index contributed by atoms with van der Waals surface area (Å²) in [5.74, 6) is -0.506. The molecule has 1 unspecified atom stereocenters. The van der Waals surface area contributed by atoms with Crippen molar-refractivity contribution >= 4 is 24.1 Å². The summed E-state index contributed by atoms with van der Waals surface area (Å²) in [6.45, 7) is 6.96. The van der Waals surface area contributed by atoms with Crippen molar-refractivity contribution in [2.24, 2.45) is 11.1 Å². The van der Waals surface area contributed by atoms with Crippen LogP contribution >= 0.6 is 12.4 Å². The molecule has 2 aromatic carbocycles. The Labute approximate surface area is 213 Å². The van der Waals surface area contributed by atoms with Crippen molar-refractivity contribution in [2.75, 3.05) is 19.6 Å². The lowest BCUT2D eigenvalue weighted by Crippen LogP contribution is -2.50. The molecule has 2 aliphatic heterocycles. The lowest BCUT2D eigenvalue weighted by molar-refractivity contribution is 0.0928. The van der Waals surface area contributed by atoms with Gasteiger partial charge < -0.3 is 26.8 Å². The van der Waals surface area contributed by atoms with Gasteiger partial charge in [0.15, 0.2) is 5.78 Å². The SMILES string of the molecule is CC1(C)CCCNC1c1ccc(O)c(C(=O)c2ccc(C(=O)N[C@@H]3CCCNC[C@H]3N)cc2)c1.Cl. The number of hydrogen-bond acceptors (Lipinski definition) is 6. The van der Waals surface area contributed by atoms with Gasteiger partial charge in [-0.1, -0.05) is 32.0 Å². The van der Waals surface area contributed by atoms with Crippen LogP contribution in [0.1, 0.15) is 77.4 Å². The number of carbonyl (C=O) groups excluding carboxylic acids is 2. The molecular weight excluding hydrogens is 464 g/mol. The molecule has 2 saturated heterocycles. The van der Waals surface area contributed by atoms with Crippen LogP contribution in [0.3, 0.4) is 0 Å². The number of nitrogens with two attached hydrogens (primary N) is 1. The van der Waals surface area contributed by atoms with Crippen molar-refractivity contribution in [3.63, 3.8) is 0 Å². The van der Waals surface area contributed by atoms with Gasteiger partial charge in [-0.3, -0.25) is 9.59 Å². The maximum absolute atomic E-state index is 13.2. The van der Waals surface area contributed by atoms with E-state index in [0.29, 0.717) is 17.7 Å². The van der Waals surface area contributed by atoms with E-state index >= 15 is 0 Å². The van der Waals surface area contributed by atoms with E-state index in [4.69, 9.17) is 5.73 Å². The Kier molecular flexibility index (Phi) is 8.94. The Bertz CT molecular complexity index is 1040. The quantitative estimate of drug-likeness (QED) is 0.402. The average Bonchev–Trinajstić information content (AvgIpc) is 3.03. The normalized spacial score (nSPS) is 24.0. The Morgan fingerprint density at radius 3 is 2.49 bits per heavy atom. The molecular formula is C27H37ClN4O3. The number of aromatic hydroxyl groups is 1. The van der Waals surface area contributed by atoms with Crippen LogP contribution in [0.25, 0.3) is 0 Å². The van der Waals surface area contributed by atoms with Crippen LogP contribution in [0.5, 0.6) is 5.75 Å². The van der Waals surface area contributed by atoms with Crippen molar-refractivity contribution in [3.8, 4) is 5.75 Å². The van der Waals surface area contributed by atoms with Gasteiger partial charge in [-0.2, -0.15) is 0 Å². The number of ketones is 1. The van der Waals surface area contributed by atoms with Crippen LogP contribution in [0.4, 0.5) is 0 Å². The summed E-state index contributed by atoms with van der Waals surface area (Å²) < 4.78 is 0. The van der Waals surface area contributed by atoms with Gasteiger partial charge in [-0.15, -0.1) is 12.4 Å². The lowest BCUT2D eigenvalue weighted by atomic mass is 9.74. The molecule has 1 amide bonds. The fourth-order valence-corrected chi connectivity index (χ4v) is 5.13. The molecule has 7 nitrogen and oxygen atoms in total. The van der Waals surface area contributed by atoms with Gasteiger partial charge in [-0.25, -0.2) is 0 Å². The Morgan fingerprint density at radius 1 is 1.06 bits per heavy atom. The van der Waals surface area contributed by atoms with Crippen molar-refractivity contribution in [1.29, 1.82) is 0 Å². The number of carbonyl (C=O) groups is 2. The number of benzene rings is 2. The molecule has 2 fully saturated rings. The van der Waals surface area contributed by atoms with Gasteiger partial charge in [0, 0.05) is 35.8 Å². The average molecular weight is 501 g/mol. The number of phenolic OH excluding ortho intramolecular Hbond substituents is 1. The maximum Gasteiger partial charge on any atom is 0.251 e. The number of phenols is 1. The molecule has 190 valence electrons. The molecule has 4 rings (SSSR count). The third kappa shape index (κ3) is 6.22. The first-order chi connectivity index (χ1) is 16.3. The van der Waals surface area contributed by atoms with Gasteiger partial charge in [0.2, 0.25) is 0 Å². The summed E-state index contributed by atoms with van der Waals surface area (Å²) in [6, 6.07) is 11.8. The van der Waals surface area contributed by atoms with E-state index in [1.807, 2.05) is 6.07 Å². The van der Waals surface area contributed by atoms with Gasteiger partial charge in [0.05, 0.1) is 5.56 Å². The zero-order valence-electron chi connectivity index (χ0n) is 20.5. The predicted molar refractivity (Wildman–Crippen MR) is 140 cm³/mol. The zero-order chi connectivity index (χ0) is 24.3. The molecule has 8 heteroatoms. The minimum Gasteiger partial charge on any atom is -0.507 e. The summed E-state index contributed by atoms with van der Waals surface area (Å²) in [6.07, 6.45) is 4.01. The molecule has 2 heterocycles. The summed E-state index contributed by atoms with van der Waals surface area (Å²) >= 11 is 0. The third-order valence-electron chi connectivity index (χ3n) is 7.22. The molecule has 35 heavy (non-hydrogen) atoms. The fourth-order valence-electron chi connectivity index (χ4n) is 5.13. The molecule has 0 aromatic heterocycles. The minimum atomic E-state index is -0.267. The molecule has 2 aliphatic rings. The highest BCUT2D eigenvalue weighted by molar-refractivity contribution is 6.11. The topological polar surface area (TPSA) is 116 Å². The number of halogens is 1. The molecule has 0 saturated carbocycles. The Hall–Kier alpha value is -2.45. The molecule has 0 spiro atoms. The largest absolute Gasteiger partial charge is 0.507 e. The van der Waals surface area contributed by atoms with Gasteiger partial charge in [0.25, 0.3) is 5.91 Å². The summed E-state index contributed by atoms with van der Waals surface area (Å²) in [4.78, 5) is 26.0. The molecule has 3 atom stereocenters. The van der Waals surface area contributed by atoms with Crippen LogP contribution in [-0.2, 0) is 0 Å². The van der Waals surface area contributed by atoms with Crippen LogP contribution < -0.4 is 21.7 Å². The molecule has 6 N–H and O–H groups in total. The van der Waals surface area contributed by atoms with Crippen LogP contribution in [-0.4, -0.2) is 48.5 Å². The summed E-state index contributed by atoms with van der Waals surface area (Å²) in [5.41, 5.74) is 8.41. The molecule has 0 aliphatic carbocycles. The van der Waals surface area contributed by atoms with Crippen molar-refractivity contribution in [2.45, 2.75) is 57.7 Å². The molecule has 0 radical (unpaired) electrons. The standard InChI is InChI=1S/C27H36N4O3.ClH/c1-27(2)12-4-14-30-25(27)19-10-11-23(32)20(15-19)24(33)17-6-8-18(9-7-17)26(34)31-22-5-3-13-29-16-21(22)28;/h6-11,15,21-22,25,29-30,32H,3-5,12-14,16,28H2,1-2H3,(H,31,34);1H/t21-,22-,25?;/m1./s1. The number of piperidine rings is 1. The predicted octanol–water partition coefficient (Wildman–Crippen LogP) is 3.30. The van der Waals surface area contributed by atoms with Gasteiger partial charge >= 0.3 is 0 Å². The first-order valence-corrected chi connectivity index (χ1v) is 12.2. The van der Waals surface area contributed by atoms with Crippen molar-refractivity contribution in [1.82, 2.24) is 16.0 Å². The number of rotatable bonds is 5. The van der Waals surface area contributed by atoms with Gasteiger partial charge in [0.1, 0.15) is 5.75 Å². The van der Waals surface area contributed by atoms with Crippen molar-refractivity contribution in [3.05, 3.63) is 64.7 Å².